The molecule has 0 atom stereocenters. The van der Waals surface area contributed by atoms with Crippen LogP contribution in [0.2, 0.25) is 5.02 Å². The van der Waals surface area contributed by atoms with Crippen molar-refractivity contribution in [2.24, 2.45) is 0 Å². The Morgan fingerprint density at radius 2 is 2.20 bits per heavy atom. The van der Waals surface area contributed by atoms with Crippen molar-refractivity contribution in [3.8, 4) is 11.3 Å². The van der Waals surface area contributed by atoms with Crippen LogP contribution in [-0.4, -0.2) is 10.2 Å². The molecule has 0 aliphatic rings. The quantitative estimate of drug-likeness (QED) is 0.820. The number of hydrogen-bond acceptors (Lipinski definition) is 2. The second-order valence-corrected chi connectivity index (χ2v) is 3.80. The zero-order valence-electron chi connectivity index (χ0n) is 8.42. The second kappa shape index (κ2) is 3.95. The molecule has 0 aliphatic heterocycles. The van der Waals surface area contributed by atoms with Crippen LogP contribution in [0.15, 0.2) is 24.3 Å². The number of nitrogens with zero attached hydrogens (tertiary/aromatic N) is 1. The van der Waals surface area contributed by atoms with Gasteiger partial charge in [-0.3, -0.25) is 5.10 Å². The van der Waals surface area contributed by atoms with Crippen molar-refractivity contribution < 1.29 is 0 Å². The molecule has 2 aromatic rings. The number of anilines is 1. The summed E-state index contributed by atoms with van der Waals surface area (Å²) in [6.45, 7) is 2.10. The SMILES string of the molecule is CCc1ccc(Cl)cc1-c1cc(N)n[nH]1. The minimum atomic E-state index is 0.493. The molecule has 0 spiro atoms. The normalized spacial score (nSPS) is 10.5. The zero-order valence-corrected chi connectivity index (χ0v) is 9.17. The van der Waals surface area contributed by atoms with Gasteiger partial charge in [0.15, 0.2) is 0 Å². The molecule has 15 heavy (non-hydrogen) atoms. The molecule has 0 fully saturated rings. The molecule has 0 saturated carbocycles. The maximum absolute atomic E-state index is 5.96. The van der Waals surface area contributed by atoms with Crippen LogP contribution < -0.4 is 5.73 Å². The Labute approximate surface area is 93.3 Å². The van der Waals surface area contributed by atoms with E-state index in [1.54, 1.807) is 0 Å². The van der Waals surface area contributed by atoms with Crippen LogP contribution in [-0.2, 0) is 6.42 Å². The fraction of sp³-hybridized carbons (Fsp3) is 0.182. The van der Waals surface area contributed by atoms with E-state index in [-0.39, 0.29) is 0 Å². The zero-order chi connectivity index (χ0) is 10.8. The van der Waals surface area contributed by atoms with Crippen molar-refractivity contribution in [2.75, 3.05) is 5.73 Å². The van der Waals surface area contributed by atoms with Crippen molar-refractivity contribution in [1.82, 2.24) is 10.2 Å². The van der Waals surface area contributed by atoms with Crippen molar-refractivity contribution in [1.29, 1.82) is 0 Å². The highest BCUT2D eigenvalue weighted by Crippen LogP contribution is 2.26. The summed E-state index contributed by atoms with van der Waals surface area (Å²) >= 11 is 5.96. The first-order valence-corrected chi connectivity index (χ1v) is 5.18. The van der Waals surface area contributed by atoms with Crippen molar-refractivity contribution in [2.45, 2.75) is 13.3 Å². The summed E-state index contributed by atoms with van der Waals surface area (Å²) < 4.78 is 0. The molecule has 0 bridgehead atoms. The van der Waals surface area contributed by atoms with E-state index >= 15 is 0 Å². The van der Waals surface area contributed by atoms with Crippen LogP contribution in [0.1, 0.15) is 12.5 Å². The van der Waals surface area contributed by atoms with Crippen molar-refractivity contribution in [3.63, 3.8) is 0 Å². The largest absolute Gasteiger partial charge is 0.382 e. The van der Waals surface area contributed by atoms with E-state index in [1.165, 1.54) is 5.56 Å². The summed E-state index contributed by atoms with van der Waals surface area (Å²) in [7, 11) is 0. The fourth-order valence-electron chi connectivity index (χ4n) is 1.58. The van der Waals surface area contributed by atoms with Crippen LogP contribution in [0.3, 0.4) is 0 Å². The summed E-state index contributed by atoms with van der Waals surface area (Å²) in [5, 5.41) is 7.52. The average Bonchev–Trinajstić information content (AvgIpc) is 2.65. The van der Waals surface area contributed by atoms with E-state index in [1.807, 2.05) is 24.3 Å². The molecule has 0 unspecified atom stereocenters. The molecule has 0 radical (unpaired) electrons. The standard InChI is InChI=1S/C11H12ClN3/c1-2-7-3-4-8(12)5-9(7)10-6-11(13)15-14-10/h3-6H,2H2,1H3,(H3,13,14,15). The van der Waals surface area contributed by atoms with Gasteiger partial charge in [0, 0.05) is 16.7 Å². The van der Waals surface area contributed by atoms with E-state index < -0.39 is 0 Å². The summed E-state index contributed by atoms with van der Waals surface area (Å²) in [6.07, 6.45) is 0.950. The lowest BCUT2D eigenvalue weighted by Crippen LogP contribution is -1.87. The molecule has 1 heterocycles. The third kappa shape index (κ3) is 1.97. The van der Waals surface area contributed by atoms with E-state index in [4.69, 9.17) is 17.3 Å². The summed E-state index contributed by atoms with van der Waals surface area (Å²) in [4.78, 5) is 0. The molecule has 2 rings (SSSR count). The first kappa shape index (κ1) is 10.1. The Bertz CT molecular complexity index is 476. The third-order valence-electron chi connectivity index (χ3n) is 2.34. The number of nitrogens with one attached hydrogen (secondary N) is 1. The minimum Gasteiger partial charge on any atom is -0.382 e. The Balaban J connectivity index is 2.55. The minimum absolute atomic E-state index is 0.493. The number of nitrogens with two attached hydrogens (primary N) is 1. The number of aryl methyl sites for hydroxylation is 1. The van der Waals surface area contributed by atoms with Crippen LogP contribution in [0.5, 0.6) is 0 Å². The highest BCUT2D eigenvalue weighted by Gasteiger charge is 2.07. The number of halogens is 1. The lowest BCUT2D eigenvalue weighted by Gasteiger charge is -2.05. The molecular weight excluding hydrogens is 210 g/mol. The number of H-pyrrole nitrogens is 1. The lowest BCUT2D eigenvalue weighted by molar-refractivity contribution is 1.09. The van der Waals surface area contributed by atoms with Crippen molar-refractivity contribution in [3.05, 3.63) is 34.9 Å². The molecule has 3 N–H and O–H groups in total. The topological polar surface area (TPSA) is 54.7 Å². The van der Waals surface area contributed by atoms with Gasteiger partial charge in [-0.1, -0.05) is 24.6 Å². The van der Waals surface area contributed by atoms with Gasteiger partial charge in [-0.2, -0.15) is 5.10 Å². The first-order valence-electron chi connectivity index (χ1n) is 4.80. The van der Waals surface area contributed by atoms with Gasteiger partial charge >= 0.3 is 0 Å². The second-order valence-electron chi connectivity index (χ2n) is 3.36. The number of aromatic amines is 1. The molecule has 0 amide bonds. The number of benzene rings is 1. The van der Waals surface area contributed by atoms with Gasteiger partial charge in [0.25, 0.3) is 0 Å². The van der Waals surface area contributed by atoms with E-state index in [0.717, 1.165) is 22.7 Å². The number of hydrogen-bond donors (Lipinski definition) is 2. The van der Waals surface area contributed by atoms with Gasteiger partial charge < -0.3 is 5.73 Å². The van der Waals surface area contributed by atoms with Gasteiger partial charge in [-0.15, -0.1) is 0 Å². The van der Waals surface area contributed by atoms with E-state index in [0.29, 0.717) is 5.82 Å². The van der Waals surface area contributed by atoms with Gasteiger partial charge in [0.05, 0.1) is 5.69 Å². The molecular formula is C11H12ClN3. The average molecular weight is 222 g/mol. The monoisotopic (exact) mass is 221 g/mol. The highest BCUT2D eigenvalue weighted by molar-refractivity contribution is 6.30. The number of nitrogen functional groups attached to an aromatic ring is 1. The van der Waals surface area contributed by atoms with E-state index in [9.17, 15) is 0 Å². The smallest absolute Gasteiger partial charge is 0.145 e. The summed E-state index contributed by atoms with van der Waals surface area (Å²) in [5.74, 6) is 0.493. The molecule has 4 heteroatoms. The number of aromatic nitrogens is 2. The molecule has 0 saturated heterocycles. The summed E-state index contributed by atoms with van der Waals surface area (Å²) in [5.41, 5.74) is 8.77. The highest BCUT2D eigenvalue weighted by atomic mass is 35.5. The van der Waals surface area contributed by atoms with Crippen LogP contribution in [0.25, 0.3) is 11.3 Å². The van der Waals surface area contributed by atoms with Crippen LogP contribution in [0.4, 0.5) is 5.82 Å². The van der Waals surface area contributed by atoms with E-state index in [2.05, 4.69) is 17.1 Å². The Kier molecular flexibility index (Phi) is 2.64. The molecule has 78 valence electrons. The Morgan fingerprint density at radius 3 is 2.80 bits per heavy atom. The predicted octanol–water partition coefficient (Wildman–Crippen LogP) is 2.87. The molecule has 1 aromatic carbocycles. The molecule has 1 aromatic heterocycles. The lowest BCUT2D eigenvalue weighted by atomic mass is 10.0. The van der Waals surface area contributed by atoms with Gasteiger partial charge in [-0.05, 0) is 24.1 Å². The van der Waals surface area contributed by atoms with Gasteiger partial charge in [0.2, 0.25) is 0 Å². The molecule has 0 aliphatic carbocycles. The maximum Gasteiger partial charge on any atom is 0.145 e. The first-order chi connectivity index (χ1) is 7.20. The predicted molar refractivity (Wildman–Crippen MR) is 62.8 cm³/mol. The molecule has 3 nitrogen and oxygen atoms in total. The Hall–Kier alpha value is -1.48. The number of rotatable bonds is 2. The third-order valence-corrected chi connectivity index (χ3v) is 2.58. The Morgan fingerprint density at radius 1 is 1.40 bits per heavy atom. The van der Waals surface area contributed by atoms with Crippen molar-refractivity contribution >= 4 is 17.4 Å². The van der Waals surface area contributed by atoms with Gasteiger partial charge in [0.1, 0.15) is 5.82 Å². The summed E-state index contributed by atoms with van der Waals surface area (Å²) in [6, 6.07) is 7.65. The van der Waals surface area contributed by atoms with Crippen LogP contribution in [0, 0.1) is 0 Å². The van der Waals surface area contributed by atoms with Crippen LogP contribution >= 0.6 is 11.6 Å². The van der Waals surface area contributed by atoms with Gasteiger partial charge in [-0.25, -0.2) is 0 Å². The fourth-order valence-corrected chi connectivity index (χ4v) is 1.75. The maximum atomic E-state index is 5.96.